The Hall–Kier alpha value is -1.53. The molecule has 2 heterocycles. The molecule has 84 valence electrons. The van der Waals surface area contributed by atoms with Gasteiger partial charge in [0, 0.05) is 11.9 Å². The van der Waals surface area contributed by atoms with Crippen molar-refractivity contribution in [3.8, 4) is 0 Å². The predicted octanol–water partition coefficient (Wildman–Crippen LogP) is 3.59. The SMILES string of the molecule is Brc1cncnc1Nc1ccc2ncsc2c1. The van der Waals surface area contributed by atoms with E-state index in [1.54, 1.807) is 17.5 Å². The van der Waals surface area contributed by atoms with Gasteiger partial charge < -0.3 is 5.32 Å². The summed E-state index contributed by atoms with van der Waals surface area (Å²) in [7, 11) is 0. The molecule has 0 fully saturated rings. The van der Waals surface area contributed by atoms with Crippen LogP contribution in [0, 0.1) is 0 Å². The van der Waals surface area contributed by atoms with Gasteiger partial charge >= 0.3 is 0 Å². The van der Waals surface area contributed by atoms with Crippen molar-refractivity contribution in [3.63, 3.8) is 0 Å². The van der Waals surface area contributed by atoms with E-state index in [0.717, 1.165) is 26.2 Å². The molecule has 0 saturated carbocycles. The monoisotopic (exact) mass is 306 g/mol. The van der Waals surface area contributed by atoms with Crippen molar-refractivity contribution in [2.45, 2.75) is 0 Å². The zero-order valence-corrected chi connectivity index (χ0v) is 11.0. The molecule has 17 heavy (non-hydrogen) atoms. The molecule has 3 aromatic rings. The number of hydrogen-bond acceptors (Lipinski definition) is 5. The Bertz CT molecular complexity index is 667. The van der Waals surface area contributed by atoms with E-state index in [1.165, 1.54) is 6.33 Å². The van der Waals surface area contributed by atoms with Gasteiger partial charge in [0.05, 0.1) is 20.2 Å². The molecule has 0 spiro atoms. The van der Waals surface area contributed by atoms with Gasteiger partial charge in [-0.15, -0.1) is 11.3 Å². The quantitative estimate of drug-likeness (QED) is 0.786. The number of thiazole rings is 1. The van der Waals surface area contributed by atoms with Crippen LogP contribution in [0.5, 0.6) is 0 Å². The maximum atomic E-state index is 4.24. The molecule has 0 aliphatic rings. The standard InChI is InChI=1S/C11H7BrN4S/c12-8-4-13-5-14-11(8)16-7-1-2-9-10(3-7)17-6-15-9/h1-6H,(H,13,14,16). The fraction of sp³-hybridized carbons (Fsp3) is 0. The molecule has 0 aliphatic heterocycles. The van der Waals surface area contributed by atoms with Gasteiger partial charge in [0.15, 0.2) is 0 Å². The number of nitrogens with one attached hydrogen (secondary N) is 1. The normalized spacial score (nSPS) is 10.6. The Labute approximate surface area is 110 Å². The van der Waals surface area contributed by atoms with E-state index in [9.17, 15) is 0 Å². The highest BCUT2D eigenvalue weighted by Gasteiger charge is 2.03. The summed E-state index contributed by atoms with van der Waals surface area (Å²) in [5, 5.41) is 3.24. The summed E-state index contributed by atoms with van der Waals surface area (Å²) in [5.41, 5.74) is 3.85. The van der Waals surface area contributed by atoms with E-state index in [4.69, 9.17) is 0 Å². The van der Waals surface area contributed by atoms with Gasteiger partial charge in [-0.1, -0.05) is 0 Å². The van der Waals surface area contributed by atoms with E-state index in [1.807, 2.05) is 17.6 Å². The van der Waals surface area contributed by atoms with Crippen molar-refractivity contribution in [1.82, 2.24) is 15.0 Å². The van der Waals surface area contributed by atoms with Crippen LogP contribution in [0.4, 0.5) is 11.5 Å². The number of benzene rings is 1. The summed E-state index contributed by atoms with van der Waals surface area (Å²) in [6.07, 6.45) is 3.22. The molecule has 3 rings (SSSR count). The van der Waals surface area contributed by atoms with Gasteiger partial charge in [-0.25, -0.2) is 15.0 Å². The Morgan fingerprint density at radius 3 is 3.06 bits per heavy atom. The molecule has 0 unspecified atom stereocenters. The van der Waals surface area contributed by atoms with E-state index < -0.39 is 0 Å². The Morgan fingerprint density at radius 1 is 1.24 bits per heavy atom. The van der Waals surface area contributed by atoms with Crippen LogP contribution in [0.25, 0.3) is 10.2 Å². The number of nitrogens with zero attached hydrogens (tertiary/aromatic N) is 3. The van der Waals surface area contributed by atoms with Crippen LogP contribution in [0.1, 0.15) is 0 Å². The van der Waals surface area contributed by atoms with Crippen molar-refractivity contribution in [2.24, 2.45) is 0 Å². The summed E-state index contributed by atoms with van der Waals surface area (Å²) in [4.78, 5) is 12.3. The summed E-state index contributed by atoms with van der Waals surface area (Å²) < 4.78 is 1.99. The summed E-state index contributed by atoms with van der Waals surface area (Å²) in [6.45, 7) is 0. The van der Waals surface area contributed by atoms with Gasteiger partial charge in [-0.2, -0.15) is 0 Å². The lowest BCUT2D eigenvalue weighted by Gasteiger charge is -2.06. The van der Waals surface area contributed by atoms with E-state index in [-0.39, 0.29) is 0 Å². The maximum Gasteiger partial charge on any atom is 0.148 e. The van der Waals surface area contributed by atoms with Crippen molar-refractivity contribution in [3.05, 3.63) is 40.7 Å². The maximum absolute atomic E-state index is 4.24. The van der Waals surface area contributed by atoms with Crippen LogP contribution in [-0.2, 0) is 0 Å². The number of anilines is 2. The Balaban J connectivity index is 1.97. The topological polar surface area (TPSA) is 50.7 Å². The summed E-state index contributed by atoms with van der Waals surface area (Å²) >= 11 is 5.02. The molecule has 2 aromatic heterocycles. The van der Waals surface area contributed by atoms with Crippen LogP contribution in [0.15, 0.2) is 40.7 Å². The molecule has 4 nitrogen and oxygen atoms in total. The van der Waals surface area contributed by atoms with E-state index in [2.05, 4.69) is 42.3 Å². The lowest BCUT2D eigenvalue weighted by Crippen LogP contribution is -1.94. The van der Waals surface area contributed by atoms with Crippen molar-refractivity contribution < 1.29 is 0 Å². The number of aromatic nitrogens is 3. The first-order chi connectivity index (χ1) is 8.33. The van der Waals surface area contributed by atoms with Crippen molar-refractivity contribution in [1.29, 1.82) is 0 Å². The zero-order valence-electron chi connectivity index (χ0n) is 8.59. The second kappa shape index (κ2) is 4.38. The van der Waals surface area contributed by atoms with Crippen LogP contribution in [0.2, 0.25) is 0 Å². The number of halogens is 1. The van der Waals surface area contributed by atoms with Gasteiger partial charge in [-0.3, -0.25) is 0 Å². The predicted molar refractivity (Wildman–Crippen MR) is 72.6 cm³/mol. The molecule has 0 bridgehead atoms. The average molecular weight is 307 g/mol. The lowest BCUT2D eigenvalue weighted by molar-refractivity contribution is 1.15. The average Bonchev–Trinajstić information content (AvgIpc) is 2.79. The van der Waals surface area contributed by atoms with E-state index >= 15 is 0 Å². The molecular formula is C11H7BrN4S. The number of fused-ring (bicyclic) bond motifs is 1. The number of hydrogen-bond donors (Lipinski definition) is 1. The van der Waals surface area contributed by atoms with Gasteiger partial charge in [-0.05, 0) is 34.1 Å². The molecule has 1 aromatic carbocycles. The number of rotatable bonds is 2. The first kappa shape index (κ1) is 10.6. The third-order valence-electron chi connectivity index (χ3n) is 2.26. The molecule has 6 heteroatoms. The van der Waals surface area contributed by atoms with Crippen molar-refractivity contribution in [2.75, 3.05) is 5.32 Å². The third kappa shape index (κ3) is 2.13. The van der Waals surface area contributed by atoms with Gasteiger partial charge in [0.2, 0.25) is 0 Å². The minimum atomic E-state index is 0.754. The fourth-order valence-electron chi connectivity index (χ4n) is 1.47. The minimum Gasteiger partial charge on any atom is -0.339 e. The summed E-state index contributed by atoms with van der Waals surface area (Å²) in [5.74, 6) is 0.754. The molecule has 0 radical (unpaired) electrons. The Morgan fingerprint density at radius 2 is 2.18 bits per heavy atom. The van der Waals surface area contributed by atoms with Crippen LogP contribution in [-0.4, -0.2) is 15.0 Å². The lowest BCUT2D eigenvalue weighted by atomic mass is 10.3. The second-order valence-corrected chi connectivity index (χ2v) is 5.12. The highest BCUT2D eigenvalue weighted by atomic mass is 79.9. The first-order valence-corrected chi connectivity index (χ1v) is 6.56. The van der Waals surface area contributed by atoms with Gasteiger partial charge in [0.25, 0.3) is 0 Å². The third-order valence-corrected chi connectivity index (χ3v) is 3.63. The molecule has 1 N–H and O–H groups in total. The fourth-order valence-corrected chi connectivity index (χ4v) is 2.51. The molecule has 0 atom stereocenters. The van der Waals surface area contributed by atoms with Crippen LogP contribution < -0.4 is 5.32 Å². The van der Waals surface area contributed by atoms with Crippen LogP contribution >= 0.6 is 27.3 Å². The van der Waals surface area contributed by atoms with Crippen LogP contribution in [0.3, 0.4) is 0 Å². The highest BCUT2D eigenvalue weighted by Crippen LogP contribution is 2.26. The van der Waals surface area contributed by atoms with Crippen molar-refractivity contribution >= 4 is 49.0 Å². The van der Waals surface area contributed by atoms with Gasteiger partial charge in [0.1, 0.15) is 12.1 Å². The molecular weight excluding hydrogens is 300 g/mol. The largest absolute Gasteiger partial charge is 0.339 e. The van der Waals surface area contributed by atoms with E-state index in [0.29, 0.717) is 0 Å². The smallest absolute Gasteiger partial charge is 0.148 e. The molecule has 0 saturated heterocycles. The minimum absolute atomic E-state index is 0.754. The Kier molecular flexibility index (Phi) is 2.74. The highest BCUT2D eigenvalue weighted by molar-refractivity contribution is 9.10. The second-order valence-electron chi connectivity index (χ2n) is 3.38. The zero-order chi connectivity index (χ0) is 11.7. The molecule has 0 aliphatic carbocycles. The molecule has 0 amide bonds. The summed E-state index contributed by atoms with van der Waals surface area (Å²) in [6, 6.07) is 6.03. The first-order valence-electron chi connectivity index (χ1n) is 4.89.